The lowest BCUT2D eigenvalue weighted by molar-refractivity contribution is -0.117. The first-order valence-electron chi connectivity index (χ1n) is 6.48. The van der Waals surface area contributed by atoms with Crippen LogP contribution in [-0.2, 0) is 4.79 Å². The highest BCUT2D eigenvalue weighted by Crippen LogP contribution is 2.07. The van der Waals surface area contributed by atoms with E-state index >= 15 is 0 Å². The van der Waals surface area contributed by atoms with E-state index in [9.17, 15) is 4.79 Å². The second-order valence-electron chi connectivity index (χ2n) is 4.52. The number of nitrogens with zero attached hydrogens (tertiary/aromatic N) is 1. The average molecular weight is 241 g/mol. The lowest BCUT2D eigenvalue weighted by atomic mass is 10.1. The maximum atomic E-state index is 10.4. The van der Waals surface area contributed by atoms with Crippen molar-refractivity contribution in [3.05, 3.63) is 12.3 Å². The molecule has 17 heavy (non-hydrogen) atoms. The first-order chi connectivity index (χ1) is 8.10. The Morgan fingerprint density at radius 3 is 2.41 bits per heavy atom. The Morgan fingerprint density at radius 1 is 1.41 bits per heavy atom. The third-order valence-electron chi connectivity index (χ3n) is 2.49. The molecule has 0 aromatic heterocycles. The zero-order valence-corrected chi connectivity index (χ0v) is 11.4. The SMILES string of the molecule is CCC.CN1CCC(N/C=C/CC(N)=O)CC1. The Hall–Kier alpha value is -1.03. The van der Waals surface area contributed by atoms with Gasteiger partial charge in [-0.1, -0.05) is 26.3 Å². The van der Waals surface area contributed by atoms with Gasteiger partial charge in [-0.15, -0.1) is 0 Å². The quantitative estimate of drug-likeness (QED) is 0.783. The molecule has 0 radical (unpaired) electrons. The number of nitrogens with two attached hydrogens (primary N) is 1. The van der Waals surface area contributed by atoms with Crippen molar-refractivity contribution in [1.29, 1.82) is 0 Å². The lowest BCUT2D eigenvalue weighted by Crippen LogP contribution is -2.38. The fraction of sp³-hybridized carbons (Fsp3) is 0.769. The van der Waals surface area contributed by atoms with E-state index in [-0.39, 0.29) is 5.91 Å². The van der Waals surface area contributed by atoms with Crippen LogP contribution in [0.25, 0.3) is 0 Å². The molecule has 0 spiro atoms. The van der Waals surface area contributed by atoms with E-state index in [2.05, 4.69) is 31.1 Å². The van der Waals surface area contributed by atoms with Crippen molar-refractivity contribution in [3.8, 4) is 0 Å². The van der Waals surface area contributed by atoms with Gasteiger partial charge in [0, 0.05) is 12.5 Å². The van der Waals surface area contributed by atoms with Crippen LogP contribution in [-0.4, -0.2) is 37.0 Å². The van der Waals surface area contributed by atoms with Crippen LogP contribution in [0.1, 0.15) is 39.5 Å². The number of primary amides is 1. The maximum Gasteiger partial charge on any atom is 0.221 e. The van der Waals surface area contributed by atoms with E-state index in [0.717, 1.165) is 25.9 Å². The largest absolute Gasteiger partial charge is 0.388 e. The van der Waals surface area contributed by atoms with Crippen molar-refractivity contribution in [2.45, 2.75) is 45.6 Å². The second-order valence-corrected chi connectivity index (χ2v) is 4.52. The van der Waals surface area contributed by atoms with E-state index in [0.29, 0.717) is 12.5 Å². The number of piperidine rings is 1. The monoisotopic (exact) mass is 241 g/mol. The molecule has 1 fully saturated rings. The molecule has 1 rings (SSSR count). The number of rotatable bonds is 4. The van der Waals surface area contributed by atoms with Gasteiger partial charge in [0.2, 0.25) is 5.91 Å². The molecule has 0 atom stereocenters. The van der Waals surface area contributed by atoms with Crippen LogP contribution < -0.4 is 11.1 Å². The second kappa shape index (κ2) is 10.1. The number of carbonyl (C=O) groups excluding carboxylic acids is 1. The van der Waals surface area contributed by atoms with Crippen molar-refractivity contribution < 1.29 is 4.79 Å². The highest BCUT2D eigenvalue weighted by Gasteiger charge is 2.14. The van der Waals surface area contributed by atoms with Gasteiger partial charge in [0.25, 0.3) is 0 Å². The van der Waals surface area contributed by atoms with E-state index in [4.69, 9.17) is 5.73 Å². The van der Waals surface area contributed by atoms with Crippen LogP contribution in [0.4, 0.5) is 0 Å². The normalized spacial score (nSPS) is 17.6. The first-order valence-corrected chi connectivity index (χ1v) is 6.48. The molecule has 0 bridgehead atoms. The van der Waals surface area contributed by atoms with E-state index in [1.165, 1.54) is 6.42 Å². The van der Waals surface area contributed by atoms with Crippen molar-refractivity contribution >= 4 is 5.91 Å². The number of carbonyl (C=O) groups is 1. The van der Waals surface area contributed by atoms with E-state index in [1.54, 1.807) is 6.08 Å². The number of amides is 1. The molecule has 1 amide bonds. The summed E-state index contributed by atoms with van der Waals surface area (Å²) in [6.45, 7) is 6.53. The Balaban J connectivity index is 0.000000770. The smallest absolute Gasteiger partial charge is 0.221 e. The minimum atomic E-state index is -0.286. The lowest BCUT2D eigenvalue weighted by Gasteiger charge is -2.28. The zero-order valence-electron chi connectivity index (χ0n) is 11.4. The number of nitrogens with one attached hydrogen (secondary N) is 1. The molecule has 4 heteroatoms. The van der Waals surface area contributed by atoms with Gasteiger partial charge < -0.3 is 16.0 Å². The summed E-state index contributed by atoms with van der Waals surface area (Å²) in [6.07, 6.45) is 7.52. The zero-order chi connectivity index (χ0) is 13.1. The fourth-order valence-electron chi connectivity index (χ4n) is 1.55. The molecule has 1 aliphatic rings. The predicted octanol–water partition coefficient (Wildman–Crippen LogP) is 1.48. The van der Waals surface area contributed by atoms with Crippen LogP contribution in [0.15, 0.2) is 12.3 Å². The number of hydrogen-bond donors (Lipinski definition) is 2. The molecular formula is C13H27N3O. The Morgan fingerprint density at radius 2 is 1.94 bits per heavy atom. The van der Waals surface area contributed by atoms with Crippen molar-refractivity contribution in [3.63, 3.8) is 0 Å². The number of hydrogen-bond acceptors (Lipinski definition) is 3. The summed E-state index contributed by atoms with van der Waals surface area (Å²) in [5.74, 6) is -0.286. The van der Waals surface area contributed by atoms with Gasteiger partial charge in [-0.3, -0.25) is 4.79 Å². The molecule has 1 aliphatic heterocycles. The van der Waals surface area contributed by atoms with Gasteiger partial charge >= 0.3 is 0 Å². The molecule has 0 aromatic rings. The van der Waals surface area contributed by atoms with Gasteiger partial charge in [-0.2, -0.15) is 0 Å². The topological polar surface area (TPSA) is 58.4 Å². The molecule has 3 N–H and O–H groups in total. The average Bonchev–Trinajstić information content (AvgIpc) is 2.28. The van der Waals surface area contributed by atoms with Gasteiger partial charge in [0.1, 0.15) is 0 Å². The van der Waals surface area contributed by atoms with E-state index in [1.807, 2.05) is 6.20 Å². The minimum Gasteiger partial charge on any atom is -0.388 e. The van der Waals surface area contributed by atoms with Crippen LogP contribution >= 0.6 is 0 Å². The molecule has 0 aliphatic carbocycles. The predicted molar refractivity (Wildman–Crippen MR) is 72.6 cm³/mol. The van der Waals surface area contributed by atoms with Gasteiger partial charge in [-0.25, -0.2) is 0 Å². The molecule has 0 saturated carbocycles. The van der Waals surface area contributed by atoms with Gasteiger partial charge in [0.15, 0.2) is 0 Å². The third kappa shape index (κ3) is 9.87. The fourth-order valence-corrected chi connectivity index (χ4v) is 1.55. The van der Waals surface area contributed by atoms with Crippen LogP contribution in [0.3, 0.4) is 0 Å². The Bertz CT molecular complexity index is 221. The van der Waals surface area contributed by atoms with Gasteiger partial charge in [-0.05, 0) is 39.2 Å². The highest BCUT2D eigenvalue weighted by molar-refractivity contribution is 5.75. The van der Waals surface area contributed by atoms with Crippen molar-refractivity contribution in [2.75, 3.05) is 20.1 Å². The summed E-state index contributed by atoms with van der Waals surface area (Å²) >= 11 is 0. The van der Waals surface area contributed by atoms with E-state index < -0.39 is 0 Å². The molecule has 4 nitrogen and oxygen atoms in total. The van der Waals surface area contributed by atoms with Gasteiger partial charge in [0.05, 0.1) is 0 Å². The molecule has 0 unspecified atom stereocenters. The maximum absolute atomic E-state index is 10.4. The third-order valence-corrected chi connectivity index (χ3v) is 2.49. The van der Waals surface area contributed by atoms with Crippen LogP contribution in [0, 0.1) is 0 Å². The molecule has 1 saturated heterocycles. The number of likely N-dealkylation sites (tertiary alicyclic amines) is 1. The van der Waals surface area contributed by atoms with Crippen LogP contribution in [0.2, 0.25) is 0 Å². The minimum absolute atomic E-state index is 0.286. The molecule has 1 heterocycles. The summed E-state index contributed by atoms with van der Waals surface area (Å²) in [5.41, 5.74) is 5.01. The van der Waals surface area contributed by atoms with Crippen molar-refractivity contribution in [1.82, 2.24) is 10.2 Å². The Kier molecular flexibility index (Phi) is 9.53. The first kappa shape index (κ1) is 16.0. The summed E-state index contributed by atoms with van der Waals surface area (Å²) in [4.78, 5) is 12.8. The Labute approximate surface area is 105 Å². The molecule has 0 aromatic carbocycles. The van der Waals surface area contributed by atoms with Crippen molar-refractivity contribution in [2.24, 2.45) is 5.73 Å². The highest BCUT2D eigenvalue weighted by atomic mass is 16.1. The summed E-state index contributed by atoms with van der Waals surface area (Å²) in [7, 11) is 2.14. The summed E-state index contributed by atoms with van der Waals surface area (Å²) in [6, 6.07) is 0.551. The summed E-state index contributed by atoms with van der Waals surface area (Å²) < 4.78 is 0. The molecular weight excluding hydrogens is 214 g/mol. The standard InChI is InChI=1S/C10H19N3O.C3H8/c1-13-7-4-9(5-8-13)12-6-2-3-10(11)14;1-3-2/h2,6,9,12H,3-5,7-8H2,1H3,(H2,11,14);3H2,1-2H3/b6-2+;. The summed E-state index contributed by atoms with van der Waals surface area (Å²) in [5, 5.41) is 3.28. The van der Waals surface area contributed by atoms with Crippen LogP contribution in [0.5, 0.6) is 0 Å². The molecule has 100 valence electrons.